The molecular formula is C10H14N6O5. The Bertz CT molecular complexity index is 629. The van der Waals surface area contributed by atoms with E-state index in [0.29, 0.717) is 0 Å². The summed E-state index contributed by atoms with van der Waals surface area (Å²) < 4.78 is 11.4. The standard InChI is InChI=1S/C10H14N6O5/c1-20-7-6(18)8(21-10(7,4-17)14-15-12)16-3-2-5(11)13-9(16)19/h2-3,6-8,17-18H,4H2,1H3,(H2,11,13,19). The molecule has 2 heterocycles. The molecule has 1 aromatic rings. The van der Waals surface area contributed by atoms with Crippen molar-refractivity contribution in [2.24, 2.45) is 5.11 Å². The predicted molar refractivity (Wildman–Crippen MR) is 68.8 cm³/mol. The number of hydrogen-bond acceptors (Lipinski definition) is 8. The zero-order chi connectivity index (χ0) is 15.6. The summed E-state index contributed by atoms with van der Waals surface area (Å²) in [7, 11) is 1.25. The normalized spacial score (nSPS) is 31.9. The van der Waals surface area contributed by atoms with Gasteiger partial charge < -0.3 is 25.4 Å². The van der Waals surface area contributed by atoms with Crippen molar-refractivity contribution >= 4 is 5.82 Å². The minimum atomic E-state index is -1.84. The Kier molecular flexibility index (Phi) is 4.11. The number of ether oxygens (including phenoxy) is 2. The van der Waals surface area contributed by atoms with Gasteiger partial charge in [0.25, 0.3) is 0 Å². The summed E-state index contributed by atoms with van der Waals surface area (Å²) in [6.07, 6.45) is -2.49. The summed E-state index contributed by atoms with van der Waals surface area (Å²) in [5.74, 6) is 0.00972. The molecular weight excluding hydrogens is 284 g/mol. The number of azide groups is 1. The highest BCUT2D eigenvalue weighted by Crippen LogP contribution is 2.39. The molecule has 0 aromatic carbocycles. The second kappa shape index (κ2) is 5.68. The fraction of sp³-hybridized carbons (Fsp3) is 0.600. The van der Waals surface area contributed by atoms with Crippen LogP contribution >= 0.6 is 0 Å². The smallest absolute Gasteiger partial charge is 0.351 e. The summed E-state index contributed by atoms with van der Waals surface area (Å²) in [5, 5.41) is 23.0. The quantitative estimate of drug-likeness (QED) is 0.353. The summed E-state index contributed by atoms with van der Waals surface area (Å²) in [5.41, 5.74) is 11.4. The van der Waals surface area contributed by atoms with Crippen LogP contribution in [0.5, 0.6) is 0 Å². The van der Waals surface area contributed by atoms with Crippen LogP contribution in [0.15, 0.2) is 22.2 Å². The Morgan fingerprint density at radius 2 is 2.48 bits per heavy atom. The van der Waals surface area contributed by atoms with Crippen molar-refractivity contribution in [3.63, 3.8) is 0 Å². The van der Waals surface area contributed by atoms with Gasteiger partial charge in [-0.15, -0.1) is 0 Å². The molecule has 4 N–H and O–H groups in total. The number of aliphatic hydroxyl groups is 2. The average molecular weight is 298 g/mol. The molecule has 2 rings (SSSR count). The van der Waals surface area contributed by atoms with E-state index >= 15 is 0 Å². The maximum absolute atomic E-state index is 11.8. The molecule has 0 spiro atoms. The van der Waals surface area contributed by atoms with E-state index in [9.17, 15) is 15.0 Å². The second-order valence-corrected chi connectivity index (χ2v) is 4.39. The Balaban J connectivity index is 2.47. The van der Waals surface area contributed by atoms with Crippen molar-refractivity contribution in [2.45, 2.75) is 24.2 Å². The monoisotopic (exact) mass is 298 g/mol. The number of nitrogens with two attached hydrogens (primary N) is 1. The van der Waals surface area contributed by atoms with Gasteiger partial charge in [-0.3, -0.25) is 4.57 Å². The predicted octanol–water partition coefficient (Wildman–Crippen LogP) is -1.27. The van der Waals surface area contributed by atoms with Crippen LogP contribution in [0.4, 0.5) is 5.82 Å². The number of aromatic nitrogens is 2. The topological polar surface area (TPSA) is 169 Å². The van der Waals surface area contributed by atoms with Crippen molar-refractivity contribution in [1.29, 1.82) is 0 Å². The lowest BCUT2D eigenvalue weighted by atomic mass is 10.1. The van der Waals surface area contributed by atoms with E-state index in [2.05, 4.69) is 15.0 Å². The minimum absolute atomic E-state index is 0.00972. The van der Waals surface area contributed by atoms with Gasteiger partial charge in [-0.1, -0.05) is 5.11 Å². The van der Waals surface area contributed by atoms with Crippen LogP contribution in [-0.2, 0) is 9.47 Å². The Morgan fingerprint density at radius 1 is 1.76 bits per heavy atom. The molecule has 4 atom stereocenters. The van der Waals surface area contributed by atoms with Crippen LogP contribution < -0.4 is 11.4 Å². The van der Waals surface area contributed by atoms with E-state index < -0.39 is 36.5 Å². The van der Waals surface area contributed by atoms with Crippen molar-refractivity contribution in [2.75, 3.05) is 19.5 Å². The van der Waals surface area contributed by atoms with E-state index in [1.165, 1.54) is 19.4 Å². The molecule has 0 bridgehead atoms. The molecule has 0 saturated carbocycles. The first-order valence-electron chi connectivity index (χ1n) is 5.89. The van der Waals surface area contributed by atoms with Gasteiger partial charge in [-0.25, -0.2) is 4.79 Å². The molecule has 4 unspecified atom stereocenters. The summed E-state index contributed by atoms with van der Waals surface area (Å²) in [6.45, 7) is -0.736. The molecule has 0 aliphatic carbocycles. The van der Waals surface area contributed by atoms with Crippen LogP contribution in [0.3, 0.4) is 0 Å². The highest BCUT2D eigenvalue weighted by atomic mass is 16.6. The van der Waals surface area contributed by atoms with Crippen molar-refractivity contribution in [3.8, 4) is 0 Å². The maximum Gasteiger partial charge on any atom is 0.351 e. The molecule has 0 amide bonds. The van der Waals surface area contributed by atoms with Crippen molar-refractivity contribution in [3.05, 3.63) is 33.2 Å². The van der Waals surface area contributed by atoms with Crippen LogP contribution in [-0.4, -0.2) is 51.4 Å². The number of rotatable bonds is 4. The molecule has 114 valence electrons. The van der Waals surface area contributed by atoms with Gasteiger partial charge in [-0.05, 0) is 11.6 Å². The third-order valence-corrected chi connectivity index (χ3v) is 3.19. The lowest BCUT2D eigenvalue weighted by Gasteiger charge is -2.26. The number of nitrogen functional groups attached to an aromatic ring is 1. The molecule has 1 aliphatic heterocycles. The average Bonchev–Trinajstić information content (AvgIpc) is 2.72. The van der Waals surface area contributed by atoms with Crippen LogP contribution in [0, 0.1) is 0 Å². The van der Waals surface area contributed by atoms with Crippen LogP contribution in [0.25, 0.3) is 10.4 Å². The molecule has 11 nitrogen and oxygen atoms in total. The number of anilines is 1. The zero-order valence-corrected chi connectivity index (χ0v) is 11.0. The first-order valence-corrected chi connectivity index (χ1v) is 5.89. The highest BCUT2D eigenvalue weighted by molar-refractivity contribution is 5.23. The lowest BCUT2D eigenvalue weighted by Crippen LogP contribution is -2.45. The van der Waals surface area contributed by atoms with Gasteiger partial charge in [-0.2, -0.15) is 4.98 Å². The Labute approximate surface area is 118 Å². The van der Waals surface area contributed by atoms with Gasteiger partial charge in [0.05, 0.1) is 6.61 Å². The third kappa shape index (κ3) is 2.44. The molecule has 0 radical (unpaired) electrons. The van der Waals surface area contributed by atoms with Gasteiger partial charge >= 0.3 is 5.69 Å². The van der Waals surface area contributed by atoms with E-state index in [4.69, 9.17) is 20.7 Å². The van der Waals surface area contributed by atoms with Crippen molar-refractivity contribution < 1.29 is 19.7 Å². The summed E-state index contributed by atoms with van der Waals surface area (Å²) >= 11 is 0. The van der Waals surface area contributed by atoms with Gasteiger partial charge in [0.15, 0.2) is 6.23 Å². The SMILES string of the molecule is COC1C(O)C(n2ccc(N)nc2=O)OC1(CO)N=[N+]=[N-]. The van der Waals surface area contributed by atoms with E-state index in [0.717, 1.165) is 4.57 Å². The van der Waals surface area contributed by atoms with E-state index in [-0.39, 0.29) is 5.82 Å². The largest absolute Gasteiger partial charge is 0.393 e. The summed E-state index contributed by atoms with van der Waals surface area (Å²) in [6, 6.07) is 1.34. The first-order chi connectivity index (χ1) is 9.99. The Morgan fingerprint density at radius 3 is 3.00 bits per heavy atom. The van der Waals surface area contributed by atoms with Crippen molar-refractivity contribution in [1.82, 2.24) is 9.55 Å². The van der Waals surface area contributed by atoms with E-state index in [1.807, 2.05) is 0 Å². The molecule has 1 aliphatic rings. The second-order valence-electron chi connectivity index (χ2n) is 4.39. The van der Waals surface area contributed by atoms with E-state index in [1.54, 1.807) is 0 Å². The fourth-order valence-electron chi connectivity index (χ4n) is 2.24. The molecule has 1 aromatic heterocycles. The first kappa shape index (κ1) is 15.2. The van der Waals surface area contributed by atoms with Gasteiger partial charge in [0.1, 0.15) is 18.0 Å². The molecule has 1 fully saturated rings. The molecule has 21 heavy (non-hydrogen) atoms. The van der Waals surface area contributed by atoms with Crippen LogP contribution in [0.2, 0.25) is 0 Å². The molecule has 11 heteroatoms. The number of aliphatic hydroxyl groups excluding tert-OH is 2. The Hall–Kier alpha value is -2.17. The zero-order valence-electron chi connectivity index (χ0n) is 11.0. The molecule has 1 saturated heterocycles. The van der Waals surface area contributed by atoms with Crippen LogP contribution in [0.1, 0.15) is 6.23 Å². The number of hydrogen-bond donors (Lipinski definition) is 3. The van der Waals surface area contributed by atoms with Gasteiger partial charge in [0, 0.05) is 18.2 Å². The number of methoxy groups -OCH3 is 1. The maximum atomic E-state index is 11.8. The minimum Gasteiger partial charge on any atom is -0.393 e. The number of nitrogens with zero attached hydrogens (tertiary/aromatic N) is 5. The van der Waals surface area contributed by atoms with Gasteiger partial charge in [0.2, 0.25) is 5.72 Å². The highest BCUT2D eigenvalue weighted by Gasteiger charge is 2.56. The fourth-order valence-corrected chi connectivity index (χ4v) is 2.24. The summed E-state index contributed by atoms with van der Waals surface area (Å²) in [4.78, 5) is 17.9. The third-order valence-electron chi connectivity index (χ3n) is 3.19. The lowest BCUT2D eigenvalue weighted by molar-refractivity contribution is -0.130.